The van der Waals surface area contributed by atoms with E-state index in [1.165, 1.54) is 5.56 Å². The van der Waals surface area contributed by atoms with E-state index in [1.807, 2.05) is 12.1 Å². The van der Waals surface area contributed by atoms with Crippen LogP contribution in [0.5, 0.6) is 0 Å². The van der Waals surface area contributed by atoms with Crippen molar-refractivity contribution in [2.24, 2.45) is 0 Å². The Labute approximate surface area is 88.5 Å². The van der Waals surface area contributed by atoms with Gasteiger partial charge in [0.15, 0.2) is 5.82 Å². The molecular weight excluding hydrogens is 188 g/mol. The molecule has 0 aliphatic heterocycles. The maximum atomic E-state index is 8.81. The third-order valence-electron chi connectivity index (χ3n) is 2.23. The van der Waals surface area contributed by atoms with Gasteiger partial charge in [0.1, 0.15) is 6.61 Å². The molecule has 0 amide bonds. The van der Waals surface area contributed by atoms with Crippen LogP contribution < -0.4 is 0 Å². The smallest absolute Gasteiger partial charge is 0.153 e. The van der Waals surface area contributed by atoms with Gasteiger partial charge in [0.05, 0.1) is 0 Å². The van der Waals surface area contributed by atoms with Crippen LogP contribution in [-0.2, 0) is 6.61 Å². The summed E-state index contributed by atoms with van der Waals surface area (Å²) in [5, 5.41) is 8.81. The lowest BCUT2D eigenvalue weighted by Crippen LogP contribution is -1.93. The van der Waals surface area contributed by atoms with E-state index < -0.39 is 0 Å². The SMILES string of the molecule is Cc1ccc(-c2cnc(CO)nc2)cc1. The van der Waals surface area contributed by atoms with E-state index >= 15 is 0 Å². The first-order valence-electron chi connectivity index (χ1n) is 4.78. The summed E-state index contributed by atoms with van der Waals surface area (Å²) in [6.45, 7) is 1.93. The van der Waals surface area contributed by atoms with Crippen molar-refractivity contribution in [1.29, 1.82) is 0 Å². The summed E-state index contributed by atoms with van der Waals surface area (Å²) in [6.07, 6.45) is 3.45. The second-order valence-electron chi connectivity index (χ2n) is 3.41. The van der Waals surface area contributed by atoms with Gasteiger partial charge in [0.2, 0.25) is 0 Å². The highest BCUT2D eigenvalue weighted by molar-refractivity contribution is 5.61. The van der Waals surface area contributed by atoms with Gasteiger partial charge in [-0.3, -0.25) is 0 Å². The Morgan fingerprint density at radius 1 is 1.00 bits per heavy atom. The van der Waals surface area contributed by atoms with Gasteiger partial charge in [0.25, 0.3) is 0 Å². The fourth-order valence-electron chi connectivity index (χ4n) is 1.33. The molecule has 1 heterocycles. The topological polar surface area (TPSA) is 46.0 Å². The zero-order chi connectivity index (χ0) is 10.7. The Hall–Kier alpha value is -1.74. The van der Waals surface area contributed by atoms with Crippen molar-refractivity contribution in [2.75, 3.05) is 0 Å². The summed E-state index contributed by atoms with van der Waals surface area (Å²) in [4.78, 5) is 8.07. The van der Waals surface area contributed by atoms with Gasteiger partial charge in [-0.2, -0.15) is 0 Å². The van der Waals surface area contributed by atoms with Crippen LogP contribution in [0.25, 0.3) is 11.1 Å². The minimum Gasteiger partial charge on any atom is -0.388 e. The van der Waals surface area contributed by atoms with Crippen molar-refractivity contribution in [3.8, 4) is 11.1 Å². The van der Waals surface area contributed by atoms with Gasteiger partial charge in [-0.15, -0.1) is 0 Å². The van der Waals surface area contributed by atoms with Crippen molar-refractivity contribution in [3.05, 3.63) is 48.0 Å². The summed E-state index contributed by atoms with van der Waals surface area (Å²) < 4.78 is 0. The molecule has 0 aliphatic rings. The van der Waals surface area contributed by atoms with Crippen molar-refractivity contribution in [1.82, 2.24) is 9.97 Å². The molecule has 0 bridgehead atoms. The highest BCUT2D eigenvalue weighted by atomic mass is 16.3. The zero-order valence-corrected chi connectivity index (χ0v) is 8.51. The highest BCUT2D eigenvalue weighted by Crippen LogP contribution is 2.17. The van der Waals surface area contributed by atoms with Crippen LogP contribution in [0, 0.1) is 6.92 Å². The lowest BCUT2D eigenvalue weighted by Gasteiger charge is -2.01. The Balaban J connectivity index is 2.33. The van der Waals surface area contributed by atoms with Crippen LogP contribution in [-0.4, -0.2) is 15.1 Å². The molecule has 15 heavy (non-hydrogen) atoms. The molecule has 0 fully saturated rings. The van der Waals surface area contributed by atoms with Crippen molar-refractivity contribution in [3.63, 3.8) is 0 Å². The van der Waals surface area contributed by atoms with Crippen molar-refractivity contribution in [2.45, 2.75) is 13.5 Å². The van der Waals surface area contributed by atoms with E-state index in [4.69, 9.17) is 5.11 Å². The third-order valence-corrected chi connectivity index (χ3v) is 2.23. The molecule has 0 saturated heterocycles. The predicted molar refractivity (Wildman–Crippen MR) is 58.1 cm³/mol. The Bertz CT molecular complexity index is 434. The van der Waals surface area contributed by atoms with E-state index in [-0.39, 0.29) is 6.61 Å². The minimum absolute atomic E-state index is 0.117. The molecule has 2 aromatic rings. The van der Waals surface area contributed by atoms with Crippen LogP contribution >= 0.6 is 0 Å². The summed E-state index contributed by atoms with van der Waals surface area (Å²) in [7, 11) is 0. The highest BCUT2D eigenvalue weighted by Gasteiger charge is 1.99. The number of nitrogens with zero attached hydrogens (tertiary/aromatic N) is 2. The van der Waals surface area contributed by atoms with Crippen molar-refractivity contribution >= 4 is 0 Å². The Morgan fingerprint density at radius 3 is 2.13 bits per heavy atom. The van der Waals surface area contributed by atoms with E-state index in [0.29, 0.717) is 5.82 Å². The van der Waals surface area contributed by atoms with E-state index in [1.54, 1.807) is 12.4 Å². The maximum Gasteiger partial charge on any atom is 0.153 e. The largest absolute Gasteiger partial charge is 0.388 e. The standard InChI is InChI=1S/C12H12N2O/c1-9-2-4-10(5-3-9)11-6-13-12(8-15)14-7-11/h2-7,15H,8H2,1H3. The van der Waals surface area contributed by atoms with Gasteiger partial charge in [-0.05, 0) is 12.5 Å². The summed E-state index contributed by atoms with van der Waals surface area (Å²) >= 11 is 0. The molecule has 1 aromatic heterocycles. The molecule has 3 nitrogen and oxygen atoms in total. The number of aliphatic hydroxyl groups excluding tert-OH is 1. The van der Waals surface area contributed by atoms with Gasteiger partial charge in [-0.1, -0.05) is 29.8 Å². The molecule has 0 atom stereocenters. The molecule has 3 heteroatoms. The molecule has 0 radical (unpaired) electrons. The maximum absolute atomic E-state index is 8.81. The number of hydrogen-bond donors (Lipinski definition) is 1. The molecule has 1 aromatic carbocycles. The van der Waals surface area contributed by atoms with Gasteiger partial charge < -0.3 is 5.11 Å². The number of hydrogen-bond acceptors (Lipinski definition) is 3. The second kappa shape index (κ2) is 4.19. The molecule has 0 aliphatic carbocycles. The first-order chi connectivity index (χ1) is 7.29. The first kappa shape index (κ1) is 9.80. The number of aliphatic hydroxyl groups is 1. The Kier molecular flexibility index (Phi) is 2.74. The molecular formula is C12H12N2O. The molecule has 0 unspecified atom stereocenters. The zero-order valence-electron chi connectivity index (χ0n) is 8.51. The van der Waals surface area contributed by atoms with E-state index in [9.17, 15) is 0 Å². The van der Waals surface area contributed by atoms with Crippen molar-refractivity contribution < 1.29 is 5.11 Å². The minimum atomic E-state index is -0.117. The summed E-state index contributed by atoms with van der Waals surface area (Å²) in [6, 6.07) is 8.17. The number of aryl methyl sites for hydroxylation is 1. The molecule has 0 spiro atoms. The fourth-order valence-corrected chi connectivity index (χ4v) is 1.33. The predicted octanol–water partition coefficient (Wildman–Crippen LogP) is 1.94. The summed E-state index contributed by atoms with van der Waals surface area (Å²) in [5.74, 6) is 0.450. The number of benzene rings is 1. The fraction of sp³-hybridized carbons (Fsp3) is 0.167. The molecule has 1 N–H and O–H groups in total. The van der Waals surface area contributed by atoms with Gasteiger partial charge in [0, 0.05) is 18.0 Å². The van der Waals surface area contributed by atoms with Gasteiger partial charge in [-0.25, -0.2) is 9.97 Å². The van der Waals surface area contributed by atoms with E-state index in [0.717, 1.165) is 11.1 Å². The van der Waals surface area contributed by atoms with Crippen LogP contribution in [0.4, 0.5) is 0 Å². The van der Waals surface area contributed by atoms with Crippen LogP contribution in [0.15, 0.2) is 36.7 Å². The number of rotatable bonds is 2. The average molecular weight is 200 g/mol. The van der Waals surface area contributed by atoms with Crippen LogP contribution in [0.3, 0.4) is 0 Å². The van der Waals surface area contributed by atoms with Crippen LogP contribution in [0.2, 0.25) is 0 Å². The lowest BCUT2D eigenvalue weighted by atomic mass is 10.1. The molecule has 76 valence electrons. The Morgan fingerprint density at radius 2 is 1.60 bits per heavy atom. The average Bonchev–Trinajstić information content (AvgIpc) is 2.30. The first-order valence-corrected chi connectivity index (χ1v) is 4.78. The second-order valence-corrected chi connectivity index (χ2v) is 3.41. The number of aromatic nitrogens is 2. The quantitative estimate of drug-likeness (QED) is 0.805. The normalized spacial score (nSPS) is 10.3. The van der Waals surface area contributed by atoms with Crippen LogP contribution in [0.1, 0.15) is 11.4 Å². The monoisotopic (exact) mass is 200 g/mol. The molecule has 0 saturated carbocycles. The lowest BCUT2D eigenvalue weighted by molar-refractivity contribution is 0.271. The molecule has 2 rings (SSSR count). The third kappa shape index (κ3) is 2.19. The van der Waals surface area contributed by atoms with E-state index in [2.05, 4.69) is 29.0 Å². The summed E-state index contributed by atoms with van der Waals surface area (Å²) in [5.41, 5.74) is 3.28. The van der Waals surface area contributed by atoms with Gasteiger partial charge >= 0.3 is 0 Å².